The van der Waals surface area contributed by atoms with Crippen molar-refractivity contribution in [1.29, 1.82) is 0 Å². The molecule has 2 rings (SSSR count). The van der Waals surface area contributed by atoms with E-state index in [-0.39, 0.29) is 5.92 Å². The SMILES string of the molecule is CC(CCl)C(=O)N(C1CCCCC1)C1CCCCC1. The van der Waals surface area contributed by atoms with E-state index in [4.69, 9.17) is 11.6 Å². The maximum Gasteiger partial charge on any atom is 0.227 e. The number of hydrogen-bond acceptors (Lipinski definition) is 1. The number of halogens is 1. The van der Waals surface area contributed by atoms with E-state index < -0.39 is 0 Å². The Morgan fingerprint density at radius 2 is 1.42 bits per heavy atom. The van der Waals surface area contributed by atoms with Crippen LogP contribution in [0.1, 0.15) is 71.1 Å². The molecule has 2 saturated carbocycles. The first-order valence-electron chi connectivity index (χ1n) is 8.12. The number of carbonyl (C=O) groups excluding carboxylic acids is 1. The van der Waals surface area contributed by atoms with E-state index in [0.29, 0.717) is 23.9 Å². The summed E-state index contributed by atoms with van der Waals surface area (Å²) in [5.41, 5.74) is 0. The molecule has 0 spiro atoms. The molecule has 19 heavy (non-hydrogen) atoms. The number of carbonyl (C=O) groups is 1. The lowest BCUT2D eigenvalue weighted by Gasteiger charge is -2.42. The summed E-state index contributed by atoms with van der Waals surface area (Å²) in [6.07, 6.45) is 12.7. The first kappa shape index (κ1) is 15.2. The average Bonchev–Trinajstić information content (AvgIpc) is 2.49. The number of rotatable bonds is 4. The van der Waals surface area contributed by atoms with Gasteiger partial charge in [-0.25, -0.2) is 0 Å². The van der Waals surface area contributed by atoms with Crippen molar-refractivity contribution in [3.8, 4) is 0 Å². The molecule has 110 valence electrons. The van der Waals surface area contributed by atoms with Crippen LogP contribution in [0.15, 0.2) is 0 Å². The molecule has 2 nitrogen and oxygen atoms in total. The normalized spacial score (nSPS) is 24.1. The van der Waals surface area contributed by atoms with Crippen molar-refractivity contribution < 1.29 is 4.79 Å². The van der Waals surface area contributed by atoms with Gasteiger partial charge >= 0.3 is 0 Å². The van der Waals surface area contributed by atoms with Gasteiger partial charge in [-0.05, 0) is 25.7 Å². The molecule has 0 bridgehead atoms. The Kier molecular flexibility index (Phi) is 6.00. The van der Waals surface area contributed by atoms with Gasteiger partial charge in [0.2, 0.25) is 5.91 Å². The summed E-state index contributed by atoms with van der Waals surface area (Å²) in [6, 6.07) is 0.991. The van der Waals surface area contributed by atoms with Gasteiger partial charge in [-0.2, -0.15) is 0 Å². The third kappa shape index (κ3) is 3.87. The summed E-state index contributed by atoms with van der Waals surface area (Å²) < 4.78 is 0. The van der Waals surface area contributed by atoms with Gasteiger partial charge in [0.25, 0.3) is 0 Å². The van der Waals surface area contributed by atoms with Crippen LogP contribution in [-0.4, -0.2) is 28.8 Å². The second kappa shape index (κ2) is 7.52. The average molecular weight is 286 g/mol. The van der Waals surface area contributed by atoms with Gasteiger partial charge in [-0.3, -0.25) is 4.79 Å². The van der Waals surface area contributed by atoms with E-state index in [2.05, 4.69) is 4.90 Å². The van der Waals surface area contributed by atoms with Crippen molar-refractivity contribution in [2.24, 2.45) is 5.92 Å². The van der Waals surface area contributed by atoms with E-state index in [1.807, 2.05) is 6.92 Å². The molecule has 0 saturated heterocycles. The fourth-order valence-electron chi connectivity index (χ4n) is 3.70. The molecular weight excluding hydrogens is 258 g/mol. The van der Waals surface area contributed by atoms with Crippen LogP contribution in [0.25, 0.3) is 0 Å². The van der Waals surface area contributed by atoms with Crippen molar-refractivity contribution in [3.63, 3.8) is 0 Å². The minimum Gasteiger partial charge on any atom is -0.336 e. The third-order valence-corrected chi connectivity index (χ3v) is 5.31. The molecule has 2 fully saturated rings. The summed E-state index contributed by atoms with van der Waals surface area (Å²) in [7, 11) is 0. The van der Waals surface area contributed by atoms with Crippen molar-refractivity contribution in [3.05, 3.63) is 0 Å². The molecule has 1 amide bonds. The summed E-state index contributed by atoms with van der Waals surface area (Å²) in [5.74, 6) is 0.744. The lowest BCUT2D eigenvalue weighted by Crippen LogP contribution is -2.50. The third-order valence-electron chi connectivity index (χ3n) is 4.84. The molecule has 0 aromatic carbocycles. The molecule has 2 aliphatic rings. The molecule has 0 aromatic rings. The van der Waals surface area contributed by atoms with E-state index in [9.17, 15) is 4.79 Å². The second-order valence-corrected chi connectivity index (χ2v) is 6.69. The molecule has 2 aliphatic carbocycles. The number of nitrogens with zero attached hydrogens (tertiary/aromatic N) is 1. The first-order chi connectivity index (χ1) is 9.24. The predicted octanol–water partition coefficient (Wildman–Crippen LogP) is 4.36. The smallest absolute Gasteiger partial charge is 0.227 e. The summed E-state index contributed by atoms with van der Waals surface area (Å²) in [5, 5.41) is 0. The molecule has 0 aromatic heterocycles. The van der Waals surface area contributed by atoms with E-state index in [1.165, 1.54) is 64.2 Å². The van der Waals surface area contributed by atoms with Crippen LogP contribution in [0.5, 0.6) is 0 Å². The van der Waals surface area contributed by atoms with Gasteiger partial charge in [0, 0.05) is 23.9 Å². The molecule has 0 N–H and O–H groups in total. The Hall–Kier alpha value is -0.240. The minimum absolute atomic E-state index is 0.0227. The largest absolute Gasteiger partial charge is 0.336 e. The van der Waals surface area contributed by atoms with Gasteiger partial charge < -0.3 is 4.90 Å². The quantitative estimate of drug-likeness (QED) is 0.703. The maximum atomic E-state index is 12.7. The Balaban J connectivity index is 2.08. The zero-order valence-electron chi connectivity index (χ0n) is 12.2. The number of hydrogen-bond donors (Lipinski definition) is 0. The summed E-state index contributed by atoms with van der Waals surface area (Å²) in [4.78, 5) is 15.0. The Morgan fingerprint density at radius 1 is 1.00 bits per heavy atom. The molecular formula is C16H28ClNO. The number of amides is 1. The zero-order valence-corrected chi connectivity index (χ0v) is 13.0. The van der Waals surface area contributed by atoms with Crippen LogP contribution in [0.2, 0.25) is 0 Å². The van der Waals surface area contributed by atoms with Crippen LogP contribution >= 0.6 is 11.6 Å². The maximum absolute atomic E-state index is 12.7. The summed E-state index contributed by atoms with van der Waals surface area (Å²) in [6.45, 7) is 1.98. The number of alkyl halides is 1. The van der Waals surface area contributed by atoms with Crippen LogP contribution in [0.4, 0.5) is 0 Å². The first-order valence-corrected chi connectivity index (χ1v) is 8.65. The molecule has 0 radical (unpaired) electrons. The van der Waals surface area contributed by atoms with Crippen molar-refractivity contribution in [1.82, 2.24) is 4.90 Å². The predicted molar refractivity (Wildman–Crippen MR) is 80.5 cm³/mol. The zero-order chi connectivity index (χ0) is 13.7. The molecule has 0 heterocycles. The Labute approximate surface area is 122 Å². The van der Waals surface area contributed by atoms with Crippen LogP contribution in [-0.2, 0) is 4.79 Å². The Bertz CT molecular complexity index is 264. The van der Waals surface area contributed by atoms with Crippen molar-refractivity contribution in [2.45, 2.75) is 83.2 Å². The standard InChI is InChI=1S/C16H28ClNO/c1-13(12-17)16(19)18(14-8-4-2-5-9-14)15-10-6-3-7-11-15/h13-15H,2-12H2,1H3. The lowest BCUT2D eigenvalue weighted by atomic mass is 9.88. The van der Waals surface area contributed by atoms with Crippen LogP contribution in [0, 0.1) is 5.92 Å². The van der Waals surface area contributed by atoms with Crippen LogP contribution in [0.3, 0.4) is 0 Å². The minimum atomic E-state index is -0.0227. The highest BCUT2D eigenvalue weighted by molar-refractivity contribution is 6.19. The van der Waals surface area contributed by atoms with Crippen LogP contribution < -0.4 is 0 Å². The Morgan fingerprint density at radius 3 is 1.79 bits per heavy atom. The van der Waals surface area contributed by atoms with Crippen molar-refractivity contribution in [2.75, 3.05) is 5.88 Å². The van der Waals surface area contributed by atoms with E-state index in [0.717, 1.165) is 0 Å². The van der Waals surface area contributed by atoms with Gasteiger partial charge in [-0.15, -0.1) is 11.6 Å². The second-order valence-electron chi connectivity index (χ2n) is 6.38. The molecule has 0 aliphatic heterocycles. The van der Waals surface area contributed by atoms with Gasteiger partial charge in [0.1, 0.15) is 0 Å². The molecule has 3 heteroatoms. The lowest BCUT2D eigenvalue weighted by molar-refractivity contribution is -0.141. The molecule has 1 unspecified atom stereocenters. The van der Waals surface area contributed by atoms with Gasteiger partial charge in [0.05, 0.1) is 0 Å². The monoisotopic (exact) mass is 285 g/mol. The topological polar surface area (TPSA) is 20.3 Å². The van der Waals surface area contributed by atoms with E-state index >= 15 is 0 Å². The highest BCUT2D eigenvalue weighted by atomic mass is 35.5. The van der Waals surface area contributed by atoms with Gasteiger partial charge in [0.15, 0.2) is 0 Å². The van der Waals surface area contributed by atoms with Crippen molar-refractivity contribution >= 4 is 17.5 Å². The molecule has 1 atom stereocenters. The highest BCUT2D eigenvalue weighted by Gasteiger charge is 2.34. The fourth-order valence-corrected chi connectivity index (χ4v) is 3.83. The fraction of sp³-hybridized carbons (Fsp3) is 0.938. The summed E-state index contributed by atoms with van der Waals surface area (Å²) >= 11 is 5.92. The highest BCUT2D eigenvalue weighted by Crippen LogP contribution is 2.31. The van der Waals surface area contributed by atoms with E-state index in [1.54, 1.807) is 0 Å². The van der Waals surface area contributed by atoms with Gasteiger partial charge in [-0.1, -0.05) is 45.4 Å².